The summed E-state index contributed by atoms with van der Waals surface area (Å²) in [6.07, 6.45) is 0. The molecule has 0 atom stereocenters. The molecule has 1 amide bonds. The molecule has 13 heteroatoms. The van der Waals surface area contributed by atoms with Gasteiger partial charge in [-0.05, 0) is 67.9 Å². The normalized spacial score (nSPS) is 14.5. The SMILES string of the molecule is Cc1ccc(NS(=O)(=O)c2cc(C(=O)NCCOc3ccc(S(=O)(=O)N4CCOCC4)cc3)ccc2Cl)c(C)c1. The Balaban J connectivity index is 1.33. The summed E-state index contributed by atoms with van der Waals surface area (Å²) in [6, 6.07) is 15.4. The fraction of sp³-hybridized carbons (Fsp3) is 0.296. The van der Waals surface area contributed by atoms with Crippen LogP contribution in [0.15, 0.2) is 70.5 Å². The maximum Gasteiger partial charge on any atom is 0.263 e. The topological polar surface area (TPSA) is 131 Å². The molecule has 0 spiro atoms. The number of rotatable bonds is 10. The average Bonchev–Trinajstić information content (AvgIpc) is 2.93. The van der Waals surface area contributed by atoms with Crippen molar-refractivity contribution >= 4 is 43.2 Å². The number of amides is 1. The molecule has 3 aromatic carbocycles. The van der Waals surface area contributed by atoms with E-state index < -0.39 is 26.0 Å². The van der Waals surface area contributed by atoms with Crippen molar-refractivity contribution in [1.29, 1.82) is 0 Å². The molecule has 3 aromatic rings. The number of benzene rings is 3. The van der Waals surface area contributed by atoms with E-state index in [1.54, 1.807) is 31.2 Å². The molecule has 10 nitrogen and oxygen atoms in total. The fourth-order valence-electron chi connectivity index (χ4n) is 4.06. The van der Waals surface area contributed by atoms with Crippen LogP contribution in [0.4, 0.5) is 5.69 Å². The van der Waals surface area contributed by atoms with Crippen LogP contribution in [0, 0.1) is 13.8 Å². The Hall–Kier alpha value is -3.16. The summed E-state index contributed by atoms with van der Waals surface area (Å²) in [5, 5.41) is 2.66. The number of morpholine rings is 1. The van der Waals surface area contributed by atoms with Gasteiger partial charge in [0.2, 0.25) is 10.0 Å². The summed E-state index contributed by atoms with van der Waals surface area (Å²) in [5.41, 5.74) is 2.28. The molecule has 1 heterocycles. The van der Waals surface area contributed by atoms with Crippen molar-refractivity contribution in [2.24, 2.45) is 0 Å². The molecule has 0 saturated carbocycles. The van der Waals surface area contributed by atoms with Crippen molar-refractivity contribution < 1.29 is 31.1 Å². The molecular weight excluding hydrogens is 578 g/mol. The van der Waals surface area contributed by atoms with E-state index in [0.717, 1.165) is 11.1 Å². The predicted molar refractivity (Wildman–Crippen MR) is 152 cm³/mol. The number of hydrogen-bond donors (Lipinski definition) is 2. The van der Waals surface area contributed by atoms with E-state index in [1.165, 1.54) is 34.6 Å². The second-order valence-corrected chi connectivity index (χ2v) is 13.2. The standard InChI is InChI=1S/C27H30ClN3O7S2/c1-19-3-10-25(20(2)17-19)30-39(33,34)26-18-21(4-9-24(26)28)27(32)29-11-14-38-22-5-7-23(8-6-22)40(35,36)31-12-15-37-16-13-31/h3-10,17-18,30H,11-16H2,1-2H3,(H,29,32). The van der Waals surface area contributed by atoms with Crippen LogP contribution >= 0.6 is 11.6 Å². The third-order valence-electron chi connectivity index (χ3n) is 6.20. The van der Waals surface area contributed by atoms with Crippen LogP contribution in [-0.2, 0) is 24.8 Å². The molecule has 0 bridgehead atoms. The van der Waals surface area contributed by atoms with Crippen LogP contribution in [0.1, 0.15) is 21.5 Å². The average molecular weight is 608 g/mol. The highest BCUT2D eigenvalue weighted by molar-refractivity contribution is 7.92. The van der Waals surface area contributed by atoms with Gasteiger partial charge in [-0.3, -0.25) is 9.52 Å². The lowest BCUT2D eigenvalue weighted by Gasteiger charge is -2.26. The van der Waals surface area contributed by atoms with Crippen molar-refractivity contribution in [1.82, 2.24) is 9.62 Å². The van der Waals surface area contributed by atoms with Crippen LogP contribution in [0.5, 0.6) is 5.75 Å². The van der Waals surface area contributed by atoms with Crippen LogP contribution in [0.2, 0.25) is 5.02 Å². The molecule has 4 rings (SSSR count). The van der Waals surface area contributed by atoms with Gasteiger partial charge in [-0.1, -0.05) is 29.3 Å². The maximum atomic E-state index is 13.0. The molecule has 214 valence electrons. The van der Waals surface area contributed by atoms with E-state index in [1.807, 2.05) is 13.0 Å². The zero-order valence-corrected chi connectivity index (χ0v) is 24.4. The van der Waals surface area contributed by atoms with Gasteiger partial charge in [-0.15, -0.1) is 0 Å². The Morgan fingerprint density at radius 3 is 2.35 bits per heavy atom. The van der Waals surface area contributed by atoms with Crippen molar-refractivity contribution in [3.63, 3.8) is 0 Å². The molecule has 40 heavy (non-hydrogen) atoms. The van der Waals surface area contributed by atoms with Crippen molar-refractivity contribution in [2.45, 2.75) is 23.6 Å². The molecule has 0 radical (unpaired) electrons. The summed E-state index contributed by atoms with van der Waals surface area (Å²) in [7, 11) is -7.66. The van der Waals surface area contributed by atoms with E-state index in [9.17, 15) is 21.6 Å². The molecule has 1 aliphatic heterocycles. The number of aryl methyl sites for hydroxylation is 2. The summed E-state index contributed by atoms with van der Waals surface area (Å²) < 4.78 is 66.3. The third-order valence-corrected chi connectivity index (χ3v) is 9.96. The van der Waals surface area contributed by atoms with E-state index in [4.69, 9.17) is 21.1 Å². The van der Waals surface area contributed by atoms with Gasteiger partial charge in [0.25, 0.3) is 15.9 Å². The first-order chi connectivity index (χ1) is 19.0. The van der Waals surface area contributed by atoms with E-state index in [2.05, 4.69) is 10.0 Å². The van der Waals surface area contributed by atoms with Crippen LogP contribution in [0.3, 0.4) is 0 Å². The molecule has 2 N–H and O–H groups in total. The molecule has 0 unspecified atom stereocenters. The number of sulfonamides is 2. The Morgan fingerprint density at radius 1 is 0.975 bits per heavy atom. The molecule has 1 fully saturated rings. The van der Waals surface area contributed by atoms with Crippen molar-refractivity contribution in [3.8, 4) is 5.75 Å². The quantitative estimate of drug-likeness (QED) is 0.337. The lowest BCUT2D eigenvalue weighted by atomic mass is 10.1. The number of ether oxygens (including phenoxy) is 2. The Bertz CT molecular complexity index is 1590. The number of anilines is 1. The number of nitrogens with one attached hydrogen (secondary N) is 2. The predicted octanol–water partition coefficient (Wildman–Crippen LogP) is 3.59. The van der Waals surface area contributed by atoms with E-state index >= 15 is 0 Å². The van der Waals surface area contributed by atoms with Crippen LogP contribution in [0.25, 0.3) is 0 Å². The molecule has 1 saturated heterocycles. The van der Waals surface area contributed by atoms with Gasteiger partial charge in [0, 0.05) is 18.7 Å². The second kappa shape index (κ2) is 12.6. The minimum Gasteiger partial charge on any atom is -0.492 e. The fourth-order valence-corrected chi connectivity index (χ4v) is 7.12. The largest absolute Gasteiger partial charge is 0.492 e. The third kappa shape index (κ3) is 7.12. The van der Waals surface area contributed by atoms with Crippen molar-refractivity contribution in [3.05, 3.63) is 82.4 Å². The first-order valence-electron chi connectivity index (χ1n) is 12.5. The van der Waals surface area contributed by atoms with Gasteiger partial charge >= 0.3 is 0 Å². The Morgan fingerprint density at radius 2 is 1.68 bits per heavy atom. The molecular formula is C27H30ClN3O7S2. The Labute approximate surface area is 239 Å². The van der Waals surface area contributed by atoms with Crippen LogP contribution in [-0.4, -0.2) is 66.5 Å². The van der Waals surface area contributed by atoms with Crippen LogP contribution < -0.4 is 14.8 Å². The van der Waals surface area contributed by atoms with E-state index in [-0.39, 0.29) is 33.5 Å². The van der Waals surface area contributed by atoms with E-state index in [0.29, 0.717) is 37.7 Å². The smallest absolute Gasteiger partial charge is 0.263 e. The highest BCUT2D eigenvalue weighted by atomic mass is 35.5. The zero-order chi connectivity index (χ0) is 28.9. The highest BCUT2D eigenvalue weighted by Gasteiger charge is 2.26. The minimum atomic E-state index is -4.06. The summed E-state index contributed by atoms with van der Waals surface area (Å²) in [4.78, 5) is 12.6. The number of nitrogens with zero attached hydrogens (tertiary/aromatic N) is 1. The molecule has 1 aliphatic rings. The van der Waals surface area contributed by atoms with Gasteiger partial charge in [0.05, 0.1) is 35.4 Å². The molecule has 0 aromatic heterocycles. The number of hydrogen-bond acceptors (Lipinski definition) is 7. The molecule has 0 aliphatic carbocycles. The first kappa shape index (κ1) is 29.8. The lowest BCUT2D eigenvalue weighted by Crippen LogP contribution is -2.40. The van der Waals surface area contributed by atoms with Gasteiger partial charge in [-0.2, -0.15) is 4.31 Å². The summed E-state index contributed by atoms with van der Waals surface area (Å²) >= 11 is 6.18. The number of carbonyl (C=O) groups is 1. The summed E-state index contributed by atoms with van der Waals surface area (Å²) in [5.74, 6) is -0.0669. The maximum absolute atomic E-state index is 13.0. The van der Waals surface area contributed by atoms with Gasteiger partial charge in [-0.25, -0.2) is 16.8 Å². The zero-order valence-electron chi connectivity index (χ0n) is 22.0. The number of halogens is 1. The second-order valence-electron chi connectivity index (χ2n) is 9.16. The highest BCUT2D eigenvalue weighted by Crippen LogP contribution is 2.27. The Kier molecular flexibility index (Phi) is 9.37. The first-order valence-corrected chi connectivity index (χ1v) is 15.8. The van der Waals surface area contributed by atoms with Gasteiger partial charge < -0.3 is 14.8 Å². The minimum absolute atomic E-state index is 0.0174. The van der Waals surface area contributed by atoms with Gasteiger partial charge in [0.15, 0.2) is 0 Å². The number of carbonyl (C=O) groups excluding carboxylic acids is 1. The van der Waals surface area contributed by atoms with Gasteiger partial charge in [0.1, 0.15) is 17.3 Å². The monoisotopic (exact) mass is 607 g/mol. The van der Waals surface area contributed by atoms with Crippen molar-refractivity contribution in [2.75, 3.05) is 44.2 Å². The summed E-state index contributed by atoms with van der Waals surface area (Å²) in [6.45, 7) is 5.28. The lowest BCUT2D eigenvalue weighted by molar-refractivity contribution is 0.0730.